The topological polar surface area (TPSA) is 104 Å². The summed E-state index contributed by atoms with van der Waals surface area (Å²) in [5, 5.41) is 24.8. The fourth-order valence-electron chi connectivity index (χ4n) is 1.55. The molecule has 0 bridgehead atoms. The summed E-state index contributed by atoms with van der Waals surface area (Å²) in [7, 11) is 0. The third-order valence-corrected chi connectivity index (χ3v) is 2.63. The predicted octanol–water partition coefficient (Wildman–Crippen LogP) is 1.58. The van der Waals surface area contributed by atoms with Crippen molar-refractivity contribution >= 4 is 29.2 Å². The number of carboxylic acid groups (broad SMARTS) is 1. The van der Waals surface area contributed by atoms with E-state index in [1.54, 1.807) is 0 Å². The largest absolute Gasteiger partial charge is 0.507 e. The number of amides is 1. The molecule has 0 aliphatic carbocycles. The van der Waals surface area contributed by atoms with Gasteiger partial charge in [-0.3, -0.25) is 14.3 Å². The maximum Gasteiger partial charge on any atom is 0.325 e. The van der Waals surface area contributed by atoms with Gasteiger partial charge in [0.05, 0.1) is 17.4 Å². The van der Waals surface area contributed by atoms with Crippen LogP contribution in [-0.4, -0.2) is 31.9 Å². The standard InChI is InChI=1S/C12H10ClN3O4/c13-7-1-2-9(10(17)3-7)12(20)15-8-4-14-16(5-8)6-11(18)19/h1-5,17H,6H2,(H,15,20)(H,18,19). The van der Waals surface area contributed by atoms with E-state index in [0.29, 0.717) is 10.7 Å². The molecule has 1 aromatic heterocycles. The molecule has 1 amide bonds. The Labute approximate surface area is 118 Å². The summed E-state index contributed by atoms with van der Waals surface area (Å²) in [5.74, 6) is -1.83. The van der Waals surface area contributed by atoms with E-state index in [-0.39, 0.29) is 17.9 Å². The quantitative estimate of drug-likeness (QED) is 0.794. The van der Waals surface area contributed by atoms with Crippen LogP contribution in [0, 0.1) is 0 Å². The Bertz CT molecular complexity index is 668. The molecule has 0 fully saturated rings. The van der Waals surface area contributed by atoms with E-state index in [0.717, 1.165) is 0 Å². The number of nitrogens with zero attached hydrogens (tertiary/aromatic N) is 2. The first kappa shape index (κ1) is 13.9. The second-order valence-corrected chi connectivity index (χ2v) is 4.37. The summed E-state index contributed by atoms with van der Waals surface area (Å²) in [6.45, 7) is -0.304. The number of benzene rings is 1. The number of nitrogens with one attached hydrogen (secondary N) is 1. The number of aromatic hydroxyl groups is 1. The van der Waals surface area contributed by atoms with Crippen LogP contribution >= 0.6 is 11.6 Å². The first-order chi connectivity index (χ1) is 9.45. The third kappa shape index (κ3) is 3.27. The molecule has 7 nitrogen and oxygen atoms in total. The molecule has 0 saturated carbocycles. The summed E-state index contributed by atoms with van der Waals surface area (Å²) in [4.78, 5) is 22.4. The SMILES string of the molecule is O=C(O)Cn1cc(NC(=O)c2ccc(Cl)cc2O)cn1. The molecule has 2 rings (SSSR count). The minimum absolute atomic E-state index is 0.0559. The van der Waals surface area contributed by atoms with Gasteiger partial charge in [-0.15, -0.1) is 0 Å². The van der Waals surface area contributed by atoms with Crippen LogP contribution in [0.4, 0.5) is 5.69 Å². The Kier molecular flexibility index (Phi) is 3.90. The fourth-order valence-corrected chi connectivity index (χ4v) is 1.71. The van der Waals surface area contributed by atoms with Gasteiger partial charge in [-0.25, -0.2) is 0 Å². The second kappa shape index (κ2) is 5.62. The van der Waals surface area contributed by atoms with Gasteiger partial charge in [0, 0.05) is 11.2 Å². The maximum absolute atomic E-state index is 11.9. The van der Waals surface area contributed by atoms with E-state index in [1.807, 2.05) is 0 Å². The molecule has 3 N–H and O–H groups in total. The lowest BCUT2D eigenvalue weighted by molar-refractivity contribution is -0.137. The van der Waals surface area contributed by atoms with Crippen molar-refractivity contribution in [2.75, 3.05) is 5.32 Å². The number of rotatable bonds is 4. The van der Waals surface area contributed by atoms with Crippen LogP contribution in [0.5, 0.6) is 5.75 Å². The smallest absolute Gasteiger partial charge is 0.325 e. The molecule has 8 heteroatoms. The molecule has 0 saturated heterocycles. The monoisotopic (exact) mass is 295 g/mol. The maximum atomic E-state index is 11.9. The van der Waals surface area contributed by atoms with E-state index in [4.69, 9.17) is 16.7 Å². The highest BCUT2D eigenvalue weighted by molar-refractivity contribution is 6.30. The van der Waals surface area contributed by atoms with Crippen molar-refractivity contribution in [1.29, 1.82) is 0 Å². The van der Waals surface area contributed by atoms with Crippen LogP contribution in [0.15, 0.2) is 30.6 Å². The molecular weight excluding hydrogens is 286 g/mol. The molecule has 104 valence electrons. The Morgan fingerprint density at radius 1 is 1.40 bits per heavy atom. The van der Waals surface area contributed by atoms with E-state index in [1.165, 1.54) is 35.3 Å². The summed E-state index contributed by atoms with van der Waals surface area (Å²) >= 11 is 5.67. The van der Waals surface area contributed by atoms with Crippen LogP contribution < -0.4 is 5.32 Å². The zero-order valence-corrected chi connectivity index (χ0v) is 10.8. The number of hydrogen-bond donors (Lipinski definition) is 3. The van der Waals surface area contributed by atoms with Crippen LogP contribution in [0.25, 0.3) is 0 Å². The third-order valence-electron chi connectivity index (χ3n) is 2.39. The minimum Gasteiger partial charge on any atom is -0.507 e. The average Bonchev–Trinajstić information content (AvgIpc) is 2.75. The molecule has 2 aromatic rings. The van der Waals surface area contributed by atoms with Crippen LogP contribution in [0.1, 0.15) is 10.4 Å². The van der Waals surface area contributed by atoms with Crippen molar-refractivity contribution < 1.29 is 19.8 Å². The van der Waals surface area contributed by atoms with Gasteiger partial charge in [0.2, 0.25) is 0 Å². The predicted molar refractivity (Wildman–Crippen MR) is 70.9 cm³/mol. The molecule has 0 radical (unpaired) electrons. The van der Waals surface area contributed by atoms with Crippen LogP contribution in [-0.2, 0) is 11.3 Å². The molecule has 20 heavy (non-hydrogen) atoms. The van der Waals surface area contributed by atoms with E-state index >= 15 is 0 Å². The van der Waals surface area contributed by atoms with Gasteiger partial charge in [0.25, 0.3) is 5.91 Å². The summed E-state index contributed by atoms with van der Waals surface area (Å²) in [6, 6.07) is 4.11. The van der Waals surface area contributed by atoms with Crippen molar-refractivity contribution in [2.24, 2.45) is 0 Å². The Morgan fingerprint density at radius 3 is 2.80 bits per heavy atom. The molecule has 1 heterocycles. The van der Waals surface area contributed by atoms with Gasteiger partial charge < -0.3 is 15.5 Å². The first-order valence-electron chi connectivity index (χ1n) is 5.50. The van der Waals surface area contributed by atoms with Crippen molar-refractivity contribution in [3.63, 3.8) is 0 Å². The summed E-state index contributed by atoms with van der Waals surface area (Å²) in [6.07, 6.45) is 2.69. The average molecular weight is 296 g/mol. The summed E-state index contributed by atoms with van der Waals surface area (Å²) in [5.41, 5.74) is 0.381. The van der Waals surface area contributed by atoms with Gasteiger partial charge >= 0.3 is 5.97 Å². The van der Waals surface area contributed by atoms with Gasteiger partial charge in [0.15, 0.2) is 0 Å². The van der Waals surface area contributed by atoms with Crippen LogP contribution in [0.3, 0.4) is 0 Å². The molecule has 0 spiro atoms. The molecule has 0 unspecified atom stereocenters. The van der Waals surface area contributed by atoms with Crippen LogP contribution in [0.2, 0.25) is 5.02 Å². The second-order valence-electron chi connectivity index (χ2n) is 3.94. The van der Waals surface area contributed by atoms with Crippen molar-refractivity contribution in [3.8, 4) is 5.75 Å². The minimum atomic E-state index is -1.04. The Morgan fingerprint density at radius 2 is 2.15 bits per heavy atom. The molecule has 1 aromatic carbocycles. The fraction of sp³-hybridized carbons (Fsp3) is 0.0833. The van der Waals surface area contributed by atoms with E-state index in [2.05, 4.69) is 10.4 Å². The number of phenols is 1. The van der Waals surface area contributed by atoms with Crippen molar-refractivity contribution in [1.82, 2.24) is 9.78 Å². The van der Waals surface area contributed by atoms with Gasteiger partial charge in [-0.05, 0) is 18.2 Å². The number of halogens is 1. The zero-order valence-electron chi connectivity index (χ0n) is 10.1. The normalized spacial score (nSPS) is 10.2. The number of aliphatic carboxylic acids is 1. The lowest BCUT2D eigenvalue weighted by atomic mass is 10.2. The van der Waals surface area contributed by atoms with E-state index < -0.39 is 11.9 Å². The number of phenolic OH excluding ortho intramolecular Hbond substituents is 1. The molecule has 0 aliphatic heterocycles. The number of aromatic nitrogens is 2. The Hall–Kier alpha value is -2.54. The summed E-state index contributed by atoms with van der Waals surface area (Å²) < 4.78 is 1.17. The number of anilines is 1. The number of carboxylic acids is 1. The molecule has 0 aliphatic rings. The van der Waals surface area contributed by atoms with Gasteiger partial charge in [-0.2, -0.15) is 5.10 Å². The van der Waals surface area contributed by atoms with Gasteiger partial charge in [-0.1, -0.05) is 11.6 Å². The number of carbonyl (C=O) groups is 2. The highest BCUT2D eigenvalue weighted by Crippen LogP contribution is 2.22. The molecule has 0 atom stereocenters. The lowest BCUT2D eigenvalue weighted by Crippen LogP contribution is -2.12. The van der Waals surface area contributed by atoms with E-state index in [9.17, 15) is 14.7 Å². The number of carbonyl (C=O) groups excluding carboxylic acids is 1. The zero-order chi connectivity index (χ0) is 14.7. The molecular formula is C12H10ClN3O4. The lowest BCUT2D eigenvalue weighted by Gasteiger charge is -2.04. The Balaban J connectivity index is 2.11. The van der Waals surface area contributed by atoms with Gasteiger partial charge in [0.1, 0.15) is 12.3 Å². The highest BCUT2D eigenvalue weighted by atomic mass is 35.5. The highest BCUT2D eigenvalue weighted by Gasteiger charge is 2.12. The first-order valence-corrected chi connectivity index (χ1v) is 5.87. The van der Waals surface area contributed by atoms with Crippen molar-refractivity contribution in [2.45, 2.75) is 6.54 Å². The van der Waals surface area contributed by atoms with Crippen molar-refractivity contribution in [3.05, 3.63) is 41.2 Å². The number of hydrogen-bond acceptors (Lipinski definition) is 4.